The molecule has 1 fully saturated rings. The second kappa shape index (κ2) is 8.76. The van der Waals surface area contributed by atoms with Crippen molar-refractivity contribution in [3.63, 3.8) is 0 Å². The van der Waals surface area contributed by atoms with Crippen LogP contribution in [0.25, 0.3) is 0 Å². The number of hydrogen-bond donors (Lipinski definition) is 2. The summed E-state index contributed by atoms with van der Waals surface area (Å²) in [6.07, 6.45) is 2.59. The Bertz CT molecular complexity index is 933. The Morgan fingerprint density at radius 1 is 1.29 bits per heavy atom. The number of aromatic nitrogens is 1. The third-order valence-corrected chi connectivity index (χ3v) is 6.88. The van der Waals surface area contributed by atoms with Crippen molar-refractivity contribution >= 4 is 38.3 Å². The number of thiazole rings is 1. The van der Waals surface area contributed by atoms with Gasteiger partial charge in [0.05, 0.1) is 17.4 Å². The number of benzene rings is 1. The molecule has 0 aliphatic carbocycles. The molecule has 2 heterocycles. The first-order valence-electron chi connectivity index (χ1n) is 8.59. The van der Waals surface area contributed by atoms with Crippen LogP contribution in [0.4, 0.5) is 9.52 Å². The van der Waals surface area contributed by atoms with Crippen molar-refractivity contribution in [3.05, 3.63) is 41.7 Å². The molecule has 2 amide bonds. The molecule has 8 nitrogen and oxygen atoms in total. The number of piperidine rings is 1. The van der Waals surface area contributed by atoms with Gasteiger partial charge in [-0.25, -0.2) is 17.8 Å². The maximum absolute atomic E-state index is 13.1. The van der Waals surface area contributed by atoms with Crippen molar-refractivity contribution in [2.45, 2.75) is 17.7 Å². The van der Waals surface area contributed by atoms with Crippen LogP contribution in [0.15, 0.2) is 40.7 Å². The Kier molecular flexibility index (Phi) is 6.37. The van der Waals surface area contributed by atoms with E-state index in [1.807, 2.05) is 0 Å². The summed E-state index contributed by atoms with van der Waals surface area (Å²) in [6.45, 7) is 0.0767. The normalized spacial score (nSPS) is 17.8. The molecule has 11 heteroatoms. The van der Waals surface area contributed by atoms with Crippen molar-refractivity contribution in [2.75, 3.05) is 25.0 Å². The Morgan fingerprint density at radius 2 is 2.04 bits per heavy atom. The van der Waals surface area contributed by atoms with Crippen molar-refractivity contribution in [2.24, 2.45) is 5.92 Å². The zero-order chi connectivity index (χ0) is 20.1. The van der Waals surface area contributed by atoms with Crippen LogP contribution in [0.5, 0.6) is 0 Å². The van der Waals surface area contributed by atoms with Crippen molar-refractivity contribution in [1.82, 2.24) is 14.6 Å². The molecule has 1 saturated heterocycles. The molecule has 3 rings (SSSR count). The number of carbonyl (C=O) groups is 2. The molecule has 1 aliphatic heterocycles. The largest absolute Gasteiger partial charge is 0.347 e. The van der Waals surface area contributed by atoms with E-state index in [-0.39, 0.29) is 30.4 Å². The molecule has 2 N–H and O–H groups in total. The lowest BCUT2D eigenvalue weighted by Crippen LogP contribution is -2.46. The maximum Gasteiger partial charge on any atom is 0.245 e. The van der Waals surface area contributed by atoms with Crippen molar-refractivity contribution < 1.29 is 22.4 Å². The van der Waals surface area contributed by atoms with E-state index in [0.717, 1.165) is 12.1 Å². The highest BCUT2D eigenvalue weighted by atomic mass is 32.2. The van der Waals surface area contributed by atoms with Gasteiger partial charge in [-0.05, 0) is 37.1 Å². The quantitative estimate of drug-likeness (QED) is 0.727. The summed E-state index contributed by atoms with van der Waals surface area (Å²) in [7, 11) is -3.81. The summed E-state index contributed by atoms with van der Waals surface area (Å²) in [5.41, 5.74) is 0. The predicted octanol–water partition coefficient (Wildman–Crippen LogP) is 1.44. The van der Waals surface area contributed by atoms with Gasteiger partial charge >= 0.3 is 0 Å². The molecule has 0 spiro atoms. The standard InChI is InChI=1S/C17H19FN4O4S2/c18-13-3-5-14(6-4-13)28(25,26)22-8-1-2-12(11-22)16(24)20-10-15(23)21-17-19-7-9-27-17/h3-7,9,12H,1-2,8,10-11H2,(H,20,24)(H,19,21,23)/t12-/m1/s1. The number of nitrogens with zero attached hydrogens (tertiary/aromatic N) is 2. The van der Waals surface area contributed by atoms with E-state index in [4.69, 9.17) is 0 Å². The zero-order valence-electron chi connectivity index (χ0n) is 14.8. The number of halogens is 1. The second-order valence-corrected chi connectivity index (χ2v) is 9.09. The lowest BCUT2D eigenvalue weighted by molar-refractivity contribution is -0.128. The van der Waals surface area contributed by atoms with E-state index in [9.17, 15) is 22.4 Å². The first-order valence-corrected chi connectivity index (χ1v) is 10.9. The Morgan fingerprint density at radius 3 is 2.71 bits per heavy atom. The molecule has 0 unspecified atom stereocenters. The van der Waals surface area contributed by atoms with Gasteiger partial charge in [-0.15, -0.1) is 11.3 Å². The SMILES string of the molecule is O=C(CNC(=O)[C@@H]1CCCN(S(=O)(=O)c2ccc(F)cc2)C1)Nc1nccs1. The number of rotatable bonds is 6. The summed E-state index contributed by atoms with van der Waals surface area (Å²) in [6, 6.07) is 4.58. The van der Waals surface area contributed by atoms with Crippen LogP contribution in [0, 0.1) is 11.7 Å². The molecular weight excluding hydrogens is 407 g/mol. The van der Waals surface area contributed by atoms with Crippen LogP contribution in [0.1, 0.15) is 12.8 Å². The topological polar surface area (TPSA) is 108 Å². The third-order valence-electron chi connectivity index (χ3n) is 4.31. The number of anilines is 1. The van der Waals surface area contributed by atoms with Crippen LogP contribution in [-0.2, 0) is 19.6 Å². The van der Waals surface area contributed by atoms with E-state index in [1.165, 1.54) is 27.8 Å². The number of carbonyl (C=O) groups excluding carboxylic acids is 2. The molecule has 1 aromatic carbocycles. The molecule has 2 aromatic rings. The average molecular weight is 426 g/mol. The average Bonchev–Trinajstić information content (AvgIpc) is 3.19. The third kappa shape index (κ3) is 4.91. The Hall–Kier alpha value is -2.37. The number of nitrogens with one attached hydrogen (secondary N) is 2. The first-order chi connectivity index (χ1) is 13.4. The van der Waals surface area contributed by atoms with Crippen LogP contribution < -0.4 is 10.6 Å². The first kappa shape index (κ1) is 20.4. The minimum absolute atomic E-state index is 0.0135. The highest BCUT2D eigenvalue weighted by Crippen LogP contribution is 2.24. The van der Waals surface area contributed by atoms with Gasteiger partial charge in [-0.1, -0.05) is 0 Å². The van der Waals surface area contributed by atoms with Gasteiger partial charge in [-0.2, -0.15) is 4.31 Å². The van der Waals surface area contributed by atoms with E-state index >= 15 is 0 Å². The summed E-state index contributed by atoms with van der Waals surface area (Å²) in [5, 5.41) is 7.25. The van der Waals surface area contributed by atoms with Crippen LogP contribution in [0.3, 0.4) is 0 Å². The zero-order valence-corrected chi connectivity index (χ0v) is 16.4. The van der Waals surface area contributed by atoms with Gasteiger partial charge < -0.3 is 10.6 Å². The molecule has 1 aromatic heterocycles. The van der Waals surface area contributed by atoms with Crippen LogP contribution in [-0.4, -0.2) is 49.2 Å². The summed E-state index contributed by atoms with van der Waals surface area (Å²) in [5.74, 6) is -1.87. The van der Waals surface area contributed by atoms with Gasteiger partial charge in [0.25, 0.3) is 0 Å². The van der Waals surface area contributed by atoms with Gasteiger partial charge in [0, 0.05) is 24.7 Å². The highest BCUT2D eigenvalue weighted by Gasteiger charge is 2.33. The Labute approximate surface area is 165 Å². The van der Waals surface area contributed by atoms with Crippen molar-refractivity contribution in [3.8, 4) is 0 Å². The van der Waals surface area contributed by atoms with Gasteiger partial charge in [0.2, 0.25) is 21.8 Å². The monoisotopic (exact) mass is 426 g/mol. The molecule has 0 saturated carbocycles. The van der Waals surface area contributed by atoms with Gasteiger partial charge in [0.15, 0.2) is 5.13 Å². The number of sulfonamides is 1. The van der Waals surface area contributed by atoms with E-state index in [0.29, 0.717) is 18.0 Å². The second-order valence-electron chi connectivity index (χ2n) is 6.26. The minimum atomic E-state index is -3.81. The summed E-state index contributed by atoms with van der Waals surface area (Å²) < 4.78 is 39.7. The molecule has 0 radical (unpaired) electrons. The van der Waals surface area contributed by atoms with Gasteiger partial charge in [-0.3, -0.25) is 9.59 Å². The number of amides is 2. The molecule has 150 valence electrons. The summed E-state index contributed by atoms with van der Waals surface area (Å²) >= 11 is 1.26. The van der Waals surface area contributed by atoms with Crippen LogP contribution >= 0.6 is 11.3 Å². The lowest BCUT2D eigenvalue weighted by Gasteiger charge is -2.31. The summed E-state index contributed by atoms with van der Waals surface area (Å²) in [4.78, 5) is 28.1. The molecule has 28 heavy (non-hydrogen) atoms. The molecule has 1 atom stereocenters. The van der Waals surface area contributed by atoms with Gasteiger partial charge in [0.1, 0.15) is 5.82 Å². The fraction of sp³-hybridized carbons (Fsp3) is 0.353. The fourth-order valence-electron chi connectivity index (χ4n) is 2.89. The van der Waals surface area contributed by atoms with Crippen molar-refractivity contribution in [1.29, 1.82) is 0 Å². The van der Waals surface area contributed by atoms with Crippen LogP contribution in [0.2, 0.25) is 0 Å². The van der Waals surface area contributed by atoms with E-state index < -0.39 is 27.7 Å². The molecule has 1 aliphatic rings. The molecule has 0 bridgehead atoms. The maximum atomic E-state index is 13.1. The fourth-order valence-corrected chi connectivity index (χ4v) is 4.96. The number of hydrogen-bond acceptors (Lipinski definition) is 6. The Balaban J connectivity index is 1.57. The predicted molar refractivity (Wildman–Crippen MR) is 102 cm³/mol. The lowest BCUT2D eigenvalue weighted by atomic mass is 9.99. The molecular formula is C17H19FN4O4S2. The van der Waals surface area contributed by atoms with E-state index in [1.54, 1.807) is 11.6 Å². The van der Waals surface area contributed by atoms with E-state index in [2.05, 4.69) is 15.6 Å². The highest BCUT2D eigenvalue weighted by molar-refractivity contribution is 7.89. The minimum Gasteiger partial charge on any atom is -0.347 e. The smallest absolute Gasteiger partial charge is 0.245 e.